The molecule has 8 heteroatoms. The van der Waals surface area contributed by atoms with Crippen molar-refractivity contribution in [2.45, 2.75) is 40.5 Å². The topological polar surface area (TPSA) is 132 Å². The minimum absolute atomic E-state index is 0.140. The molecule has 3 aromatic rings. The lowest BCUT2D eigenvalue weighted by molar-refractivity contribution is 0.0696. The minimum atomic E-state index is -1.03. The van der Waals surface area contributed by atoms with Gasteiger partial charge in [0.15, 0.2) is 0 Å². The number of hydrogen-bond acceptors (Lipinski definition) is 6. The van der Waals surface area contributed by atoms with Crippen LogP contribution < -0.4 is 5.73 Å². The Morgan fingerprint density at radius 3 is 2.23 bits per heavy atom. The van der Waals surface area contributed by atoms with Crippen LogP contribution in [0.5, 0.6) is 0 Å². The number of carbonyl (C=O) groups excluding carboxylic acids is 1. The number of pyridine rings is 1. The predicted octanol–water partition coefficient (Wildman–Crippen LogP) is 3.67. The number of aryl methyl sites for hydroxylation is 2. The van der Waals surface area contributed by atoms with Crippen molar-refractivity contribution in [2.24, 2.45) is 11.7 Å². The maximum absolute atomic E-state index is 12.6. The predicted molar refractivity (Wildman–Crippen MR) is 111 cm³/mol. The summed E-state index contributed by atoms with van der Waals surface area (Å²) in [5, 5.41) is 17.3. The minimum Gasteiger partial charge on any atom is -0.478 e. The zero-order chi connectivity index (χ0) is 22.0. The lowest BCUT2D eigenvalue weighted by atomic mass is 9.88. The van der Waals surface area contributed by atoms with Crippen LogP contribution in [0.2, 0.25) is 0 Å². The van der Waals surface area contributed by atoms with Crippen molar-refractivity contribution in [3.05, 3.63) is 52.7 Å². The van der Waals surface area contributed by atoms with Gasteiger partial charge in [-0.1, -0.05) is 32.9 Å². The molecule has 0 unspecified atom stereocenters. The van der Waals surface area contributed by atoms with Crippen LogP contribution in [0.25, 0.3) is 22.6 Å². The van der Waals surface area contributed by atoms with Gasteiger partial charge in [-0.2, -0.15) is 0 Å². The largest absolute Gasteiger partial charge is 0.478 e. The molecule has 8 nitrogen and oxygen atoms in total. The molecule has 3 rings (SSSR count). The lowest BCUT2D eigenvalue weighted by Gasteiger charge is -2.19. The number of nitrogens with two attached hydrogens (primary N) is 1. The van der Waals surface area contributed by atoms with Crippen molar-refractivity contribution < 1.29 is 19.1 Å². The maximum Gasteiger partial charge on any atom is 0.335 e. The highest BCUT2D eigenvalue weighted by atomic mass is 16.4. The summed E-state index contributed by atoms with van der Waals surface area (Å²) in [5.41, 5.74) is 9.25. The van der Waals surface area contributed by atoms with E-state index in [0.717, 1.165) is 0 Å². The summed E-state index contributed by atoms with van der Waals surface area (Å²) >= 11 is 0. The van der Waals surface area contributed by atoms with Crippen LogP contribution in [0.3, 0.4) is 0 Å². The summed E-state index contributed by atoms with van der Waals surface area (Å²) in [5.74, 6) is -0.776. The van der Waals surface area contributed by atoms with Crippen molar-refractivity contribution >= 4 is 11.9 Å². The first-order valence-electron chi connectivity index (χ1n) is 9.72. The van der Waals surface area contributed by atoms with Crippen LogP contribution in [-0.4, -0.2) is 32.2 Å². The molecule has 2 aromatic heterocycles. The van der Waals surface area contributed by atoms with Crippen LogP contribution in [0, 0.1) is 12.8 Å². The molecule has 30 heavy (non-hydrogen) atoms. The molecule has 2 heterocycles. The molecule has 3 N–H and O–H groups in total. The Labute approximate surface area is 174 Å². The third-order valence-electron chi connectivity index (χ3n) is 4.69. The van der Waals surface area contributed by atoms with E-state index in [-0.39, 0.29) is 22.9 Å². The molecule has 0 atom stereocenters. The van der Waals surface area contributed by atoms with Gasteiger partial charge in [0.1, 0.15) is 0 Å². The van der Waals surface area contributed by atoms with Gasteiger partial charge in [-0.3, -0.25) is 9.78 Å². The molecule has 0 saturated heterocycles. The summed E-state index contributed by atoms with van der Waals surface area (Å²) < 4.78 is 5.68. The molecule has 0 radical (unpaired) electrons. The first kappa shape index (κ1) is 21.2. The highest BCUT2D eigenvalue weighted by Gasteiger charge is 2.27. The van der Waals surface area contributed by atoms with E-state index in [1.165, 1.54) is 12.1 Å². The monoisotopic (exact) mass is 408 g/mol. The van der Waals surface area contributed by atoms with Crippen LogP contribution in [0.4, 0.5) is 0 Å². The third-order valence-corrected chi connectivity index (χ3v) is 4.69. The molecule has 0 aliphatic carbocycles. The lowest BCUT2D eigenvalue weighted by Crippen LogP contribution is -2.20. The number of aromatic nitrogens is 3. The van der Waals surface area contributed by atoms with E-state index in [2.05, 4.69) is 10.2 Å². The van der Waals surface area contributed by atoms with E-state index >= 15 is 0 Å². The number of carbonyl (C=O) groups is 2. The number of nitrogens with zero attached hydrogens (tertiary/aromatic N) is 3. The second kappa shape index (κ2) is 8.44. The Hall–Kier alpha value is -3.55. The molecular formula is C22H24N4O4. The molecule has 0 aliphatic heterocycles. The smallest absolute Gasteiger partial charge is 0.335 e. The fraction of sp³-hybridized carbons (Fsp3) is 0.318. The Balaban J connectivity index is 2.42. The van der Waals surface area contributed by atoms with Gasteiger partial charge < -0.3 is 15.3 Å². The average molecular weight is 408 g/mol. The molecule has 0 bridgehead atoms. The summed E-state index contributed by atoms with van der Waals surface area (Å²) in [6.07, 6.45) is 1.13. The van der Waals surface area contributed by atoms with E-state index in [9.17, 15) is 14.7 Å². The average Bonchev–Trinajstić information content (AvgIpc) is 3.12. The Morgan fingerprint density at radius 2 is 1.77 bits per heavy atom. The summed E-state index contributed by atoms with van der Waals surface area (Å²) in [7, 11) is 0. The SMILES string of the molecule is CCc1nc(CC(C)C)c(C(N)=O)c(-c2ccc(C(=O)O)cc2)c1-c1nnc(C)o1. The van der Waals surface area contributed by atoms with E-state index in [1.54, 1.807) is 19.1 Å². The van der Waals surface area contributed by atoms with Crippen molar-refractivity contribution in [2.75, 3.05) is 0 Å². The molecule has 0 fully saturated rings. The van der Waals surface area contributed by atoms with Crippen LogP contribution in [-0.2, 0) is 12.8 Å². The van der Waals surface area contributed by atoms with E-state index in [4.69, 9.17) is 15.1 Å². The fourth-order valence-corrected chi connectivity index (χ4v) is 3.44. The van der Waals surface area contributed by atoms with Gasteiger partial charge in [0.25, 0.3) is 5.91 Å². The second-order valence-electron chi connectivity index (χ2n) is 7.45. The molecular weight excluding hydrogens is 384 g/mol. The summed E-state index contributed by atoms with van der Waals surface area (Å²) in [4.78, 5) is 28.6. The Bertz CT molecular complexity index is 1100. The van der Waals surface area contributed by atoms with Crippen LogP contribution in [0.1, 0.15) is 58.8 Å². The Morgan fingerprint density at radius 1 is 1.10 bits per heavy atom. The number of benzene rings is 1. The van der Waals surface area contributed by atoms with Gasteiger partial charge in [0.2, 0.25) is 11.8 Å². The molecule has 1 amide bonds. The van der Waals surface area contributed by atoms with Crippen molar-refractivity contribution in [3.8, 4) is 22.6 Å². The van der Waals surface area contributed by atoms with Crippen molar-refractivity contribution in [1.82, 2.24) is 15.2 Å². The quantitative estimate of drug-likeness (QED) is 0.609. The van der Waals surface area contributed by atoms with Crippen LogP contribution in [0.15, 0.2) is 28.7 Å². The molecule has 0 aliphatic rings. The number of carboxylic acid groups (broad SMARTS) is 1. The highest BCUT2D eigenvalue weighted by Crippen LogP contribution is 2.38. The van der Waals surface area contributed by atoms with Crippen LogP contribution >= 0.6 is 0 Å². The third kappa shape index (κ3) is 4.07. The van der Waals surface area contributed by atoms with Gasteiger partial charge in [-0.05, 0) is 36.5 Å². The van der Waals surface area contributed by atoms with Gasteiger partial charge in [-0.15, -0.1) is 10.2 Å². The molecule has 0 saturated carbocycles. The second-order valence-corrected chi connectivity index (χ2v) is 7.45. The molecule has 1 aromatic carbocycles. The Kier molecular flexibility index (Phi) is 5.96. The van der Waals surface area contributed by atoms with E-state index < -0.39 is 11.9 Å². The van der Waals surface area contributed by atoms with Crippen molar-refractivity contribution in [3.63, 3.8) is 0 Å². The zero-order valence-corrected chi connectivity index (χ0v) is 17.4. The van der Waals surface area contributed by atoms with E-state index in [0.29, 0.717) is 46.8 Å². The fourth-order valence-electron chi connectivity index (χ4n) is 3.44. The summed E-state index contributed by atoms with van der Waals surface area (Å²) in [6, 6.07) is 6.27. The van der Waals surface area contributed by atoms with Gasteiger partial charge in [-0.25, -0.2) is 4.79 Å². The number of rotatable bonds is 7. The van der Waals surface area contributed by atoms with Crippen molar-refractivity contribution in [1.29, 1.82) is 0 Å². The zero-order valence-electron chi connectivity index (χ0n) is 17.4. The number of aromatic carboxylic acids is 1. The summed E-state index contributed by atoms with van der Waals surface area (Å²) in [6.45, 7) is 7.71. The normalized spacial score (nSPS) is 11.1. The van der Waals surface area contributed by atoms with Gasteiger partial charge in [0, 0.05) is 12.5 Å². The first-order chi connectivity index (χ1) is 14.2. The molecule has 0 spiro atoms. The van der Waals surface area contributed by atoms with Gasteiger partial charge in [0.05, 0.1) is 28.1 Å². The first-order valence-corrected chi connectivity index (χ1v) is 9.72. The standard InChI is InChI=1S/C22H24N4O4/c1-5-15-19(21-26-25-12(4)30-21)17(13-6-8-14(9-7-13)22(28)29)18(20(23)27)16(24-15)10-11(2)3/h6-9,11H,5,10H2,1-4H3,(H2,23,27)(H,28,29). The van der Waals surface area contributed by atoms with E-state index in [1.807, 2.05) is 20.8 Å². The number of carboxylic acids is 1. The maximum atomic E-state index is 12.6. The molecule has 156 valence electrons. The number of amides is 1. The highest BCUT2D eigenvalue weighted by molar-refractivity contribution is 6.05. The van der Waals surface area contributed by atoms with Gasteiger partial charge >= 0.3 is 5.97 Å². The number of primary amides is 1. The number of hydrogen-bond donors (Lipinski definition) is 2.